The van der Waals surface area contributed by atoms with Gasteiger partial charge in [0.2, 0.25) is 0 Å². The zero-order chi connectivity index (χ0) is 5.28. The predicted molar refractivity (Wildman–Crippen MR) is 22.9 cm³/mol. The third kappa shape index (κ3) is 0.726. The number of carbonyl (C=O) groups excluding carboxylic acids is 2. The average molecular weight is 117 g/mol. The fourth-order valence-electron chi connectivity index (χ4n) is 0.193. The summed E-state index contributed by atoms with van der Waals surface area (Å²) in [6.07, 6.45) is 0. The Morgan fingerprint density at radius 3 is 2.43 bits per heavy atom. The van der Waals surface area contributed by atoms with Crippen molar-refractivity contribution in [1.29, 1.82) is 0 Å². The Morgan fingerprint density at radius 1 is 1.57 bits per heavy atom. The summed E-state index contributed by atoms with van der Waals surface area (Å²) in [6, 6.07) is 0. The Balaban J connectivity index is 2.65. The van der Waals surface area contributed by atoms with Crippen molar-refractivity contribution >= 4 is 23.0 Å². The van der Waals surface area contributed by atoms with Crippen LogP contribution in [0.3, 0.4) is 0 Å². The molecular weight excluding hydrogens is 116 g/mol. The first-order valence-corrected chi connectivity index (χ1v) is 2.29. The molecule has 0 aromatic rings. The minimum Gasteiger partial charge on any atom is -0.274 e. The van der Waals surface area contributed by atoms with E-state index in [4.69, 9.17) is 0 Å². The lowest BCUT2D eigenvalue weighted by atomic mass is 10.7. The summed E-state index contributed by atoms with van der Waals surface area (Å²) in [6.45, 7) is 0. The minimum atomic E-state index is -0.634. The zero-order valence-corrected chi connectivity index (χ0v) is 3.99. The van der Waals surface area contributed by atoms with Crippen LogP contribution in [0, 0.1) is 0 Å². The van der Waals surface area contributed by atoms with E-state index in [9.17, 15) is 9.59 Å². The molecule has 4 nitrogen and oxygen atoms in total. The van der Waals surface area contributed by atoms with Crippen molar-refractivity contribution < 1.29 is 9.59 Å². The van der Waals surface area contributed by atoms with Crippen LogP contribution in [0.1, 0.15) is 0 Å². The maximum Gasteiger partial charge on any atom is 0.316 e. The summed E-state index contributed by atoms with van der Waals surface area (Å²) in [5.41, 5.74) is 1.97. The summed E-state index contributed by atoms with van der Waals surface area (Å²) in [5.74, 6) is -0.634. The summed E-state index contributed by atoms with van der Waals surface area (Å²) in [4.78, 5) is 23.2. The van der Waals surface area contributed by atoms with Crippen molar-refractivity contribution in [2.75, 3.05) is 0 Å². The van der Waals surface area contributed by atoms with E-state index in [0.717, 1.165) is 0 Å². The minimum absolute atomic E-state index is 0.542. The van der Waals surface area contributed by atoms with E-state index < -0.39 is 11.0 Å². The van der Waals surface area contributed by atoms with Crippen LogP contribution < -0.4 is 10.3 Å². The predicted octanol–water partition coefficient (Wildman–Crippen LogP) is -1.19. The van der Waals surface area contributed by atoms with E-state index >= 15 is 0 Å². The van der Waals surface area contributed by atoms with Gasteiger partial charge in [0.15, 0.2) is 0 Å². The van der Waals surface area contributed by atoms with Gasteiger partial charge in [0.05, 0.1) is 0 Å². The van der Waals surface area contributed by atoms with Gasteiger partial charge in [0, 0.05) is 11.9 Å². The van der Waals surface area contributed by atoms with E-state index in [0.29, 0.717) is 11.9 Å². The highest BCUT2D eigenvalue weighted by Gasteiger charge is 2.21. The Bertz CT molecular complexity index is 109. The van der Waals surface area contributed by atoms with Crippen molar-refractivity contribution in [3.63, 3.8) is 0 Å². The second-order valence-corrected chi connectivity index (χ2v) is 1.65. The quantitative estimate of drug-likeness (QED) is 0.320. The lowest BCUT2D eigenvalue weighted by Crippen LogP contribution is -2.21. The monoisotopic (exact) mass is 117 g/mol. The van der Waals surface area contributed by atoms with Gasteiger partial charge in [-0.15, -0.1) is 0 Å². The maximum absolute atomic E-state index is 10.0. The Morgan fingerprint density at radius 2 is 2.29 bits per heavy atom. The Kier molecular flexibility index (Phi) is 0.994. The number of amides is 1. The van der Waals surface area contributed by atoms with Crippen molar-refractivity contribution in [1.82, 2.24) is 10.3 Å². The van der Waals surface area contributed by atoms with Gasteiger partial charge >= 0.3 is 5.91 Å². The maximum atomic E-state index is 10.0. The number of rotatable bonds is 0. The van der Waals surface area contributed by atoms with Crippen molar-refractivity contribution in [3.05, 3.63) is 0 Å². The molecule has 1 saturated heterocycles. The van der Waals surface area contributed by atoms with Gasteiger partial charge in [0.25, 0.3) is 5.12 Å². The fraction of sp³-hybridized carbons (Fsp3) is 0. The van der Waals surface area contributed by atoms with Gasteiger partial charge < -0.3 is 0 Å². The second kappa shape index (κ2) is 1.51. The molecule has 1 N–H and O–H groups in total. The molecule has 0 aromatic heterocycles. The van der Waals surface area contributed by atoms with Crippen LogP contribution in [0.4, 0.5) is 0 Å². The molecule has 0 unspecified atom stereocenters. The molecule has 0 saturated carbocycles. The largest absolute Gasteiger partial charge is 0.316 e. The number of carbonyl (C=O) groups is 2. The molecule has 0 atom stereocenters. The molecule has 7 heavy (non-hydrogen) atoms. The van der Waals surface area contributed by atoms with E-state index in [2.05, 4.69) is 4.83 Å². The highest BCUT2D eigenvalue weighted by molar-refractivity contribution is 8.14. The molecule has 1 aliphatic heterocycles. The van der Waals surface area contributed by atoms with Crippen LogP contribution in [-0.4, -0.2) is 11.0 Å². The molecule has 1 fully saturated rings. The molecule has 0 aliphatic carbocycles. The first-order valence-electron chi connectivity index (χ1n) is 1.52. The molecule has 1 rings (SSSR count). The van der Waals surface area contributed by atoms with Gasteiger partial charge in [0.1, 0.15) is 0 Å². The highest BCUT2D eigenvalue weighted by atomic mass is 32.2. The van der Waals surface area contributed by atoms with Crippen molar-refractivity contribution in [3.8, 4) is 0 Å². The van der Waals surface area contributed by atoms with Gasteiger partial charge in [-0.2, -0.15) is 0 Å². The molecule has 0 aromatic carbocycles. The van der Waals surface area contributed by atoms with Crippen LogP contribution in [0.5, 0.6) is 0 Å². The molecule has 37 valence electrons. The van der Waals surface area contributed by atoms with Gasteiger partial charge in [-0.25, -0.2) is 0 Å². The van der Waals surface area contributed by atoms with Crippen molar-refractivity contribution in [2.24, 2.45) is 0 Å². The third-order valence-electron chi connectivity index (χ3n) is 0.461. The van der Waals surface area contributed by atoms with Crippen LogP contribution in [0.2, 0.25) is 0 Å². The molecule has 1 amide bonds. The fourth-order valence-corrected chi connectivity index (χ4v) is 0.533. The lowest BCUT2D eigenvalue weighted by Gasteiger charge is -1.74. The Hall–Kier alpha value is -0.550. The van der Waals surface area contributed by atoms with Crippen molar-refractivity contribution in [2.45, 2.75) is 0 Å². The molecule has 0 bridgehead atoms. The molecule has 5 heteroatoms. The molecule has 1 radical (unpaired) electrons. The summed E-state index contributed by atoms with van der Waals surface area (Å²) >= 11 is 0.631. The van der Waals surface area contributed by atoms with Gasteiger partial charge in [-0.1, -0.05) is 4.83 Å². The smallest absolute Gasteiger partial charge is 0.274 e. The third-order valence-corrected chi connectivity index (χ3v) is 0.995. The SMILES string of the molecule is O=C1N[N]SC1=O. The van der Waals surface area contributed by atoms with Crippen LogP contribution in [0.15, 0.2) is 0 Å². The number of nitrogens with one attached hydrogen (secondary N) is 1. The highest BCUT2D eigenvalue weighted by Crippen LogP contribution is 2.00. The standard InChI is InChI=1S/C2HN2O2S/c5-1-2(6)7-4-3-1/h(H,3,5). The van der Waals surface area contributed by atoms with E-state index in [1.807, 2.05) is 5.43 Å². The first-order chi connectivity index (χ1) is 3.30. The summed E-state index contributed by atoms with van der Waals surface area (Å²) < 4.78 is 0. The number of hydrogen-bond donors (Lipinski definition) is 1. The number of nitrogens with zero attached hydrogens (tertiary/aromatic N) is 1. The molecule has 1 heterocycles. The molecular formula is C2HN2O2S. The zero-order valence-electron chi connectivity index (χ0n) is 3.17. The Labute approximate surface area is 43.7 Å². The average Bonchev–Trinajstić information content (AvgIpc) is 1.91. The van der Waals surface area contributed by atoms with Gasteiger partial charge in [-0.3, -0.25) is 15.0 Å². The normalized spacial score (nSPS) is 20.0. The van der Waals surface area contributed by atoms with E-state index in [1.165, 1.54) is 0 Å². The van der Waals surface area contributed by atoms with Crippen LogP contribution in [-0.2, 0) is 9.59 Å². The topological polar surface area (TPSA) is 60.3 Å². The second-order valence-electron chi connectivity index (χ2n) is 0.911. The van der Waals surface area contributed by atoms with Crippen LogP contribution >= 0.6 is 11.9 Å². The van der Waals surface area contributed by atoms with Gasteiger partial charge in [-0.05, 0) is 0 Å². The molecule has 0 spiro atoms. The van der Waals surface area contributed by atoms with Crippen LogP contribution in [0.25, 0.3) is 0 Å². The molecule has 1 aliphatic rings. The van der Waals surface area contributed by atoms with E-state index in [-0.39, 0.29) is 0 Å². The summed E-state index contributed by atoms with van der Waals surface area (Å²) in [7, 11) is 0. The number of hydrogen-bond acceptors (Lipinski definition) is 3. The first kappa shape index (κ1) is 4.61. The summed E-state index contributed by atoms with van der Waals surface area (Å²) in [5, 5.41) is -0.542. The van der Waals surface area contributed by atoms with E-state index in [1.54, 1.807) is 0 Å². The lowest BCUT2D eigenvalue weighted by molar-refractivity contribution is -0.132.